The maximum atomic E-state index is 12.8. The van der Waals surface area contributed by atoms with Gasteiger partial charge in [-0.05, 0) is 49.4 Å². The largest absolute Gasteiger partial charge is 0.452 e. The number of methoxy groups -OCH3 is 1. The number of anilines is 2. The molecule has 0 aliphatic rings. The Morgan fingerprint density at radius 3 is 2.47 bits per heavy atom. The molecule has 0 saturated carbocycles. The second-order valence-corrected chi connectivity index (χ2v) is 7.72. The molecule has 4 aromatic rings. The highest BCUT2D eigenvalue weighted by Crippen LogP contribution is 2.31. The van der Waals surface area contributed by atoms with Crippen LogP contribution in [0.15, 0.2) is 60.7 Å². The van der Waals surface area contributed by atoms with E-state index in [1.54, 1.807) is 31.3 Å². The number of ether oxygens (including phenoxy) is 1. The van der Waals surface area contributed by atoms with Crippen molar-refractivity contribution in [3.8, 4) is 5.69 Å². The van der Waals surface area contributed by atoms with Gasteiger partial charge in [-0.1, -0.05) is 18.2 Å². The number of nitrogens with zero attached hydrogens (tertiary/aromatic N) is 3. The van der Waals surface area contributed by atoms with E-state index in [4.69, 9.17) is 4.74 Å². The molecule has 1 N–H and O–H groups in total. The monoisotopic (exact) mass is 420 g/mol. The SMILES string of the molecule is COC(=O)N(C)c1ccc(NC(=O)c2cc3c(C)nn(-c4ccccc4)c3s2)cc1. The fourth-order valence-corrected chi connectivity index (χ4v) is 4.18. The van der Waals surface area contributed by atoms with Gasteiger partial charge in [-0.25, -0.2) is 9.48 Å². The number of thiophene rings is 1. The van der Waals surface area contributed by atoms with Crippen LogP contribution in [0.2, 0.25) is 0 Å². The first-order valence-electron chi connectivity index (χ1n) is 9.25. The number of para-hydroxylation sites is 1. The third-order valence-electron chi connectivity index (χ3n) is 4.73. The molecule has 8 heteroatoms. The number of fused-ring (bicyclic) bond motifs is 1. The van der Waals surface area contributed by atoms with Crippen LogP contribution in [-0.4, -0.2) is 35.9 Å². The van der Waals surface area contributed by atoms with Gasteiger partial charge in [-0.2, -0.15) is 5.10 Å². The highest BCUT2D eigenvalue weighted by Gasteiger charge is 2.17. The average molecular weight is 420 g/mol. The summed E-state index contributed by atoms with van der Waals surface area (Å²) in [7, 11) is 2.95. The maximum absolute atomic E-state index is 12.8. The highest BCUT2D eigenvalue weighted by atomic mass is 32.1. The number of amides is 2. The summed E-state index contributed by atoms with van der Waals surface area (Å²) in [6.45, 7) is 1.94. The van der Waals surface area contributed by atoms with Crippen molar-refractivity contribution < 1.29 is 14.3 Å². The van der Waals surface area contributed by atoms with E-state index in [1.807, 2.05) is 48.0 Å². The van der Waals surface area contributed by atoms with Crippen LogP contribution in [0.25, 0.3) is 15.9 Å². The fourth-order valence-electron chi connectivity index (χ4n) is 3.11. The Bertz CT molecular complexity index is 1210. The van der Waals surface area contributed by atoms with Gasteiger partial charge < -0.3 is 10.1 Å². The van der Waals surface area contributed by atoms with Gasteiger partial charge in [0.05, 0.1) is 23.4 Å². The summed E-state index contributed by atoms with van der Waals surface area (Å²) in [5.41, 5.74) is 3.13. The third-order valence-corrected chi connectivity index (χ3v) is 5.84. The van der Waals surface area contributed by atoms with Crippen LogP contribution in [0, 0.1) is 6.92 Å². The lowest BCUT2D eigenvalue weighted by molar-refractivity contribution is 0.103. The number of nitrogens with one attached hydrogen (secondary N) is 1. The first-order chi connectivity index (χ1) is 14.5. The first kappa shape index (κ1) is 19.7. The Kier molecular flexibility index (Phi) is 5.24. The smallest absolute Gasteiger partial charge is 0.413 e. The summed E-state index contributed by atoms with van der Waals surface area (Å²) in [6.07, 6.45) is -0.458. The lowest BCUT2D eigenvalue weighted by Crippen LogP contribution is -2.25. The molecule has 2 amide bonds. The van der Waals surface area contributed by atoms with Gasteiger partial charge in [0.1, 0.15) is 4.83 Å². The number of hydrogen-bond donors (Lipinski definition) is 1. The molecule has 0 saturated heterocycles. The minimum absolute atomic E-state index is 0.190. The van der Waals surface area contributed by atoms with E-state index in [2.05, 4.69) is 10.4 Å². The zero-order valence-corrected chi connectivity index (χ0v) is 17.6. The van der Waals surface area contributed by atoms with Gasteiger partial charge in [0.2, 0.25) is 0 Å². The van der Waals surface area contributed by atoms with E-state index in [1.165, 1.54) is 23.3 Å². The zero-order chi connectivity index (χ0) is 21.3. The van der Waals surface area contributed by atoms with Crippen molar-refractivity contribution in [2.75, 3.05) is 24.4 Å². The molecule has 152 valence electrons. The zero-order valence-electron chi connectivity index (χ0n) is 16.7. The van der Waals surface area contributed by atoms with E-state index in [0.717, 1.165) is 21.6 Å². The van der Waals surface area contributed by atoms with E-state index in [-0.39, 0.29) is 5.91 Å². The number of rotatable bonds is 4. The van der Waals surface area contributed by atoms with Crippen LogP contribution >= 0.6 is 11.3 Å². The van der Waals surface area contributed by atoms with Gasteiger partial charge in [-0.3, -0.25) is 9.69 Å². The molecule has 4 rings (SSSR count). The molecule has 0 radical (unpaired) electrons. The molecule has 2 aromatic heterocycles. The number of hydrogen-bond acceptors (Lipinski definition) is 5. The molecule has 0 spiro atoms. The molecule has 0 fully saturated rings. The Morgan fingerprint density at radius 2 is 1.80 bits per heavy atom. The Balaban J connectivity index is 1.56. The first-order valence-corrected chi connectivity index (χ1v) is 10.1. The Labute approximate surface area is 177 Å². The van der Waals surface area contributed by atoms with E-state index < -0.39 is 6.09 Å². The van der Waals surface area contributed by atoms with Crippen molar-refractivity contribution in [2.45, 2.75) is 6.92 Å². The molecule has 7 nitrogen and oxygen atoms in total. The van der Waals surface area contributed by atoms with Crippen LogP contribution in [0.3, 0.4) is 0 Å². The molecule has 2 aromatic carbocycles. The third kappa shape index (κ3) is 3.65. The quantitative estimate of drug-likeness (QED) is 0.512. The molecule has 30 heavy (non-hydrogen) atoms. The van der Waals surface area contributed by atoms with E-state index in [0.29, 0.717) is 16.3 Å². The van der Waals surface area contributed by atoms with Crippen molar-refractivity contribution in [3.05, 3.63) is 71.2 Å². The lowest BCUT2D eigenvalue weighted by Gasteiger charge is -2.15. The lowest BCUT2D eigenvalue weighted by atomic mass is 10.2. The predicted octanol–water partition coefficient (Wildman–Crippen LogP) is 4.85. The molecule has 0 bridgehead atoms. The molecule has 0 atom stereocenters. The van der Waals surface area contributed by atoms with Crippen LogP contribution in [-0.2, 0) is 4.74 Å². The van der Waals surface area contributed by atoms with Crippen molar-refractivity contribution in [3.63, 3.8) is 0 Å². The molecule has 0 aliphatic carbocycles. The van der Waals surface area contributed by atoms with E-state index >= 15 is 0 Å². The minimum Gasteiger partial charge on any atom is -0.452 e. The van der Waals surface area contributed by atoms with Gasteiger partial charge >= 0.3 is 6.09 Å². The summed E-state index contributed by atoms with van der Waals surface area (Å²) >= 11 is 1.40. The van der Waals surface area contributed by atoms with Crippen molar-refractivity contribution in [1.29, 1.82) is 0 Å². The topological polar surface area (TPSA) is 76.5 Å². The second kappa shape index (κ2) is 8.00. The molecule has 0 unspecified atom stereocenters. The summed E-state index contributed by atoms with van der Waals surface area (Å²) < 4.78 is 6.57. The fraction of sp³-hybridized carbons (Fsp3) is 0.136. The van der Waals surface area contributed by atoms with Gasteiger partial charge in [0.15, 0.2) is 0 Å². The molecule has 2 heterocycles. The van der Waals surface area contributed by atoms with Crippen molar-refractivity contribution in [2.24, 2.45) is 0 Å². The Morgan fingerprint density at radius 1 is 1.10 bits per heavy atom. The summed E-state index contributed by atoms with van der Waals surface area (Å²) in [5, 5.41) is 8.47. The number of aromatic nitrogens is 2. The average Bonchev–Trinajstić information content (AvgIpc) is 3.34. The summed E-state index contributed by atoms with van der Waals surface area (Å²) in [6, 6.07) is 18.7. The number of aryl methyl sites for hydroxylation is 1. The van der Waals surface area contributed by atoms with Crippen LogP contribution in [0.1, 0.15) is 15.4 Å². The van der Waals surface area contributed by atoms with Crippen LogP contribution < -0.4 is 10.2 Å². The van der Waals surface area contributed by atoms with E-state index in [9.17, 15) is 9.59 Å². The van der Waals surface area contributed by atoms with Crippen LogP contribution in [0.5, 0.6) is 0 Å². The van der Waals surface area contributed by atoms with Crippen molar-refractivity contribution in [1.82, 2.24) is 9.78 Å². The number of benzene rings is 2. The molecule has 0 aliphatic heterocycles. The van der Waals surface area contributed by atoms with Gasteiger partial charge in [0.25, 0.3) is 5.91 Å². The molecular weight excluding hydrogens is 400 g/mol. The van der Waals surface area contributed by atoms with Crippen LogP contribution in [0.4, 0.5) is 16.2 Å². The standard InChI is InChI=1S/C22H20N4O3S/c1-14-18-13-19(30-21(18)26(24-14)17-7-5-4-6-8-17)20(27)23-15-9-11-16(12-10-15)25(2)22(28)29-3/h4-13H,1-3H3,(H,23,27). The minimum atomic E-state index is -0.458. The normalized spacial score (nSPS) is 10.8. The van der Waals surface area contributed by atoms with Gasteiger partial charge in [-0.15, -0.1) is 11.3 Å². The highest BCUT2D eigenvalue weighted by molar-refractivity contribution is 7.20. The molecular formula is C22H20N4O3S. The van der Waals surface area contributed by atoms with Crippen molar-refractivity contribution >= 4 is 44.9 Å². The second-order valence-electron chi connectivity index (χ2n) is 6.69. The summed E-state index contributed by atoms with van der Waals surface area (Å²) in [4.78, 5) is 27.3. The predicted molar refractivity (Wildman–Crippen MR) is 119 cm³/mol. The van der Waals surface area contributed by atoms with Gasteiger partial charge in [0, 0.05) is 23.8 Å². The maximum Gasteiger partial charge on any atom is 0.413 e. The number of carbonyl (C=O) groups excluding carboxylic acids is 2. The summed E-state index contributed by atoms with van der Waals surface area (Å²) in [5.74, 6) is -0.190. The Hall–Kier alpha value is -3.65. The number of carbonyl (C=O) groups is 2.